The van der Waals surface area contributed by atoms with Crippen LogP contribution in [0.3, 0.4) is 0 Å². The maximum atomic E-state index is 12.3. The first-order chi connectivity index (χ1) is 11.5. The first-order valence-electron chi connectivity index (χ1n) is 7.62. The van der Waals surface area contributed by atoms with Gasteiger partial charge in [-0.1, -0.05) is 48.3 Å². The number of nitrogens with one attached hydrogen (secondary N) is 2. The number of carbonyl (C=O) groups is 2. The first kappa shape index (κ1) is 18.3. The highest BCUT2D eigenvalue weighted by atomic mass is 35.5. The number of para-hydroxylation sites is 1. The molecule has 2 N–H and O–H groups in total. The van der Waals surface area contributed by atoms with Crippen LogP contribution in [0, 0.1) is 0 Å². The summed E-state index contributed by atoms with van der Waals surface area (Å²) >= 11 is 11.9. The SMILES string of the molecule is CCCNC(=O)c1ccccc1NC(=O)Cc1ccc(Cl)cc1Cl. The zero-order valence-electron chi connectivity index (χ0n) is 13.2. The van der Waals surface area contributed by atoms with Crippen molar-refractivity contribution < 1.29 is 9.59 Å². The van der Waals surface area contributed by atoms with Crippen LogP contribution in [-0.2, 0) is 11.2 Å². The third-order valence-corrected chi connectivity index (χ3v) is 3.93. The number of rotatable bonds is 6. The van der Waals surface area contributed by atoms with E-state index in [1.807, 2.05) is 6.92 Å². The standard InChI is InChI=1S/C18H18Cl2N2O2/c1-2-9-21-18(24)14-5-3-4-6-16(14)22-17(23)10-12-7-8-13(19)11-15(12)20/h3-8,11H,2,9-10H2,1H3,(H,21,24)(H,22,23). The lowest BCUT2D eigenvalue weighted by atomic mass is 10.1. The third-order valence-electron chi connectivity index (χ3n) is 3.35. The Morgan fingerprint density at radius 2 is 1.83 bits per heavy atom. The molecule has 0 bridgehead atoms. The van der Waals surface area contributed by atoms with E-state index in [2.05, 4.69) is 10.6 Å². The second-order valence-corrected chi connectivity index (χ2v) is 6.11. The number of halogens is 2. The molecule has 0 radical (unpaired) electrons. The molecule has 126 valence electrons. The molecule has 0 aliphatic heterocycles. The van der Waals surface area contributed by atoms with Crippen LogP contribution >= 0.6 is 23.2 Å². The van der Waals surface area contributed by atoms with Crippen molar-refractivity contribution in [1.29, 1.82) is 0 Å². The molecule has 0 spiro atoms. The maximum absolute atomic E-state index is 12.3. The molecule has 2 amide bonds. The first-order valence-corrected chi connectivity index (χ1v) is 8.38. The lowest BCUT2D eigenvalue weighted by molar-refractivity contribution is -0.115. The topological polar surface area (TPSA) is 58.2 Å². The molecule has 0 saturated heterocycles. The van der Waals surface area contributed by atoms with Gasteiger partial charge in [0.15, 0.2) is 0 Å². The van der Waals surface area contributed by atoms with E-state index in [1.54, 1.807) is 42.5 Å². The van der Waals surface area contributed by atoms with E-state index < -0.39 is 0 Å². The van der Waals surface area contributed by atoms with Gasteiger partial charge < -0.3 is 10.6 Å². The van der Waals surface area contributed by atoms with Crippen molar-refractivity contribution in [3.63, 3.8) is 0 Å². The molecule has 0 fully saturated rings. The van der Waals surface area contributed by atoms with Gasteiger partial charge in [0.25, 0.3) is 5.91 Å². The second kappa shape index (κ2) is 8.71. The zero-order chi connectivity index (χ0) is 17.5. The lowest BCUT2D eigenvalue weighted by Gasteiger charge is -2.11. The van der Waals surface area contributed by atoms with Crippen molar-refractivity contribution in [2.24, 2.45) is 0 Å². The molecule has 2 aromatic carbocycles. The number of benzene rings is 2. The molecule has 2 rings (SSSR count). The van der Waals surface area contributed by atoms with Crippen LogP contribution in [0.1, 0.15) is 29.3 Å². The summed E-state index contributed by atoms with van der Waals surface area (Å²) in [6.07, 6.45) is 0.941. The minimum Gasteiger partial charge on any atom is -0.352 e. The summed E-state index contributed by atoms with van der Waals surface area (Å²) in [5.74, 6) is -0.466. The Bertz CT molecular complexity index is 748. The number of anilines is 1. The maximum Gasteiger partial charge on any atom is 0.253 e. The molecule has 2 aromatic rings. The van der Waals surface area contributed by atoms with E-state index in [-0.39, 0.29) is 18.2 Å². The summed E-state index contributed by atoms with van der Waals surface area (Å²) in [5.41, 5.74) is 1.58. The van der Waals surface area contributed by atoms with E-state index in [0.29, 0.717) is 33.4 Å². The predicted molar refractivity (Wildman–Crippen MR) is 97.9 cm³/mol. The van der Waals surface area contributed by atoms with Gasteiger partial charge in [-0.3, -0.25) is 9.59 Å². The quantitative estimate of drug-likeness (QED) is 0.801. The van der Waals surface area contributed by atoms with E-state index in [1.165, 1.54) is 0 Å². The predicted octanol–water partition coefficient (Wildman–Crippen LogP) is 4.31. The summed E-state index contributed by atoms with van der Waals surface area (Å²) in [6, 6.07) is 11.9. The van der Waals surface area contributed by atoms with Gasteiger partial charge in [0.1, 0.15) is 0 Å². The fraction of sp³-hybridized carbons (Fsp3) is 0.222. The van der Waals surface area contributed by atoms with E-state index in [0.717, 1.165) is 6.42 Å². The number of carbonyl (C=O) groups excluding carboxylic acids is 2. The van der Waals surface area contributed by atoms with E-state index >= 15 is 0 Å². The summed E-state index contributed by atoms with van der Waals surface area (Å²) in [5, 5.41) is 6.52. The molecule has 0 aliphatic rings. The third kappa shape index (κ3) is 4.98. The fourth-order valence-corrected chi connectivity index (χ4v) is 2.63. The minimum absolute atomic E-state index is 0.0981. The Morgan fingerprint density at radius 3 is 2.54 bits per heavy atom. The molecule has 6 heteroatoms. The van der Waals surface area contributed by atoms with Crippen LogP contribution in [0.4, 0.5) is 5.69 Å². The van der Waals surface area contributed by atoms with Gasteiger partial charge >= 0.3 is 0 Å². The van der Waals surface area contributed by atoms with Gasteiger partial charge in [-0.2, -0.15) is 0 Å². The average Bonchev–Trinajstić information content (AvgIpc) is 2.55. The molecule has 24 heavy (non-hydrogen) atoms. The van der Waals surface area contributed by atoms with Crippen LogP contribution in [0.5, 0.6) is 0 Å². The van der Waals surface area contributed by atoms with E-state index in [9.17, 15) is 9.59 Å². The highest BCUT2D eigenvalue weighted by Crippen LogP contribution is 2.22. The molecular formula is C18H18Cl2N2O2. The molecule has 4 nitrogen and oxygen atoms in total. The van der Waals surface area contributed by atoms with Crippen molar-refractivity contribution in [2.45, 2.75) is 19.8 Å². The number of hydrogen-bond acceptors (Lipinski definition) is 2. The monoisotopic (exact) mass is 364 g/mol. The zero-order valence-corrected chi connectivity index (χ0v) is 14.7. The molecule has 0 aliphatic carbocycles. The number of hydrogen-bond donors (Lipinski definition) is 2. The van der Waals surface area contributed by atoms with Crippen molar-refractivity contribution in [3.8, 4) is 0 Å². The van der Waals surface area contributed by atoms with Gasteiger partial charge in [-0.25, -0.2) is 0 Å². The molecular weight excluding hydrogens is 347 g/mol. The molecule has 0 unspecified atom stereocenters. The van der Waals surface area contributed by atoms with Crippen molar-refractivity contribution in [3.05, 3.63) is 63.6 Å². The molecule has 0 saturated carbocycles. The summed E-state index contributed by atoms with van der Waals surface area (Å²) < 4.78 is 0. The fourth-order valence-electron chi connectivity index (χ4n) is 2.16. The average molecular weight is 365 g/mol. The Morgan fingerprint density at radius 1 is 1.08 bits per heavy atom. The molecule has 0 atom stereocenters. The summed E-state index contributed by atoms with van der Waals surface area (Å²) in [7, 11) is 0. The molecule has 0 aromatic heterocycles. The molecule has 0 heterocycles. The summed E-state index contributed by atoms with van der Waals surface area (Å²) in [4.78, 5) is 24.4. The van der Waals surface area contributed by atoms with Crippen molar-refractivity contribution in [1.82, 2.24) is 5.32 Å². The Kier molecular flexibility index (Phi) is 6.64. The normalized spacial score (nSPS) is 10.3. The smallest absolute Gasteiger partial charge is 0.253 e. The Hall–Kier alpha value is -2.04. The van der Waals surface area contributed by atoms with Crippen molar-refractivity contribution in [2.75, 3.05) is 11.9 Å². The number of amides is 2. The van der Waals surface area contributed by atoms with Crippen LogP contribution in [0.25, 0.3) is 0 Å². The van der Waals surface area contributed by atoms with Crippen molar-refractivity contribution >= 4 is 40.7 Å². The second-order valence-electron chi connectivity index (χ2n) is 5.26. The highest BCUT2D eigenvalue weighted by molar-refractivity contribution is 6.35. The Balaban J connectivity index is 2.10. The van der Waals surface area contributed by atoms with Gasteiger partial charge in [-0.15, -0.1) is 0 Å². The minimum atomic E-state index is -0.255. The van der Waals surface area contributed by atoms with E-state index in [4.69, 9.17) is 23.2 Å². The van der Waals surface area contributed by atoms with Crippen LogP contribution < -0.4 is 10.6 Å². The lowest BCUT2D eigenvalue weighted by Crippen LogP contribution is -2.26. The van der Waals surface area contributed by atoms with Gasteiger partial charge in [-0.05, 0) is 36.2 Å². The highest BCUT2D eigenvalue weighted by Gasteiger charge is 2.14. The summed E-state index contributed by atoms with van der Waals surface area (Å²) in [6.45, 7) is 2.56. The van der Waals surface area contributed by atoms with Gasteiger partial charge in [0.05, 0.1) is 17.7 Å². The van der Waals surface area contributed by atoms with Gasteiger partial charge in [0.2, 0.25) is 5.91 Å². The van der Waals surface area contributed by atoms with Crippen LogP contribution in [0.2, 0.25) is 10.0 Å². The van der Waals surface area contributed by atoms with Gasteiger partial charge in [0, 0.05) is 16.6 Å². The van der Waals surface area contributed by atoms with Crippen LogP contribution in [-0.4, -0.2) is 18.4 Å². The van der Waals surface area contributed by atoms with Crippen LogP contribution in [0.15, 0.2) is 42.5 Å². The largest absolute Gasteiger partial charge is 0.352 e. The Labute approximate surface area is 151 Å².